The van der Waals surface area contributed by atoms with Gasteiger partial charge >= 0.3 is 5.97 Å². The van der Waals surface area contributed by atoms with Crippen molar-refractivity contribution >= 4 is 17.6 Å². The van der Waals surface area contributed by atoms with Crippen LogP contribution in [-0.2, 0) is 11.3 Å². The molecule has 0 unspecified atom stereocenters. The lowest BCUT2D eigenvalue weighted by atomic mass is 10.2. The average Bonchev–Trinajstić information content (AvgIpc) is 3.30. The fraction of sp³-hybridized carbons (Fsp3) is 0.444. The van der Waals surface area contributed by atoms with Crippen LogP contribution < -0.4 is 4.74 Å². The second kappa shape index (κ2) is 7.26. The van der Waals surface area contributed by atoms with Crippen molar-refractivity contribution in [3.05, 3.63) is 46.2 Å². The van der Waals surface area contributed by atoms with Gasteiger partial charge in [0.2, 0.25) is 0 Å². The van der Waals surface area contributed by atoms with Crippen LogP contribution in [0.25, 0.3) is 0 Å². The minimum atomic E-state index is -0.407. The van der Waals surface area contributed by atoms with Gasteiger partial charge in [0, 0.05) is 16.3 Å². The lowest BCUT2D eigenvalue weighted by Crippen LogP contribution is -2.10. The molecule has 0 amide bonds. The Morgan fingerprint density at radius 1 is 1.38 bits per heavy atom. The summed E-state index contributed by atoms with van der Waals surface area (Å²) in [7, 11) is 0. The molecule has 24 heavy (non-hydrogen) atoms. The molecule has 5 nitrogen and oxygen atoms in total. The van der Waals surface area contributed by atoms with E-state index >= 15 is 0 Å². The number of nitrogens with zero attached hydrogens (tertiary/aromatic N) is 2. The molecule has 1 aliphatic carbocycles. The third-order valence-corrected chi connectivity index (χ3v) is 4.21. The van der Waals surface area contributed by atoms with Gasteiger partial charge in [-0.05, 0) is 56.9 Å². The van der Waals surface area contributed by atoms with E-state index in [1.165, 1.54) is 12.8 Å². The van der Waals surface area contributed by atoms with Gasteiger partial charge < -0.3 is 9.47 Å². The van der Waals surface area contributed by atoms with Crippen molar-refractivity contribution in [1.82, 2.24) is 9.78 Å². The van der Waals surface area contributed by atoms with Crippen molar-refractivity contribution < 1.29 is 14.3 Å². The van der Waals surface area contributed by atoms with E-state index in [9.17, 15) is 4.79 Å². The number of ether oxygens (including phenoxy) is 2. The predicted octanol–water partition coefficient (Wildman–Crippen LogP) is 3.86. The number of esters is 1. The van der Waals surface area contributed by atoms with Crippen molar-refractivity contribution in [2.75, 3.05) is 13.2 Å². The zero-order valence-corrected chi connectivity index (χ0v) is 14.7. The topological polar surface area (TPSA) is 53.4 Å². The van der Waals surface area contributed by atoms with Gasteiger partial charge in [-0.1, -0.05) is 11.6 Å². The van der Waals surface area contributed by atoms with Crippen molar-refractivity contribution in [2.24, 2.45) is 5.92 Å². The van der Waals surface area contributed by atoms with Crippen LogP contribution in [0.15, 0.2) is 24.3 Å². The molecule has 1 fully saturated rings. The van der Waals surface area contributed by atoms with E-state index in [4.69, 9.17) is 21.1 Å². The molecule has 6 heteroatoms. The SMILES string of the molecule is CCOC(=O)c1cc(C)n(Cc2cc(Cl)ccc2OCC2CC2)n1. The summed E-state index contributed by atoms with van der Waals surface area (Å²) in [5.74, 6) is 1.09. The molecule has 1 aromatic carbocycles. The normalized spacial score (nSPS) is 13.8. The van der Waals surface area contributed by atoms with Gasteiger partial charge in [0.15, 0.2) is 5.69 Å². The van der Waals surface area contributed by atoms with E-state index in [1.807, 2.05) is 25.1 Å². The molecule has 0 saturated heterocycles. The number of aryl methyl sites for hydroxylation is 1. The van der Waals surface area contributed by atoms with Crippen LogP contribution in [-0.4, -0.2) is 29.0 Å². The Morgan fingerprint density at radius 2 is 2.17 bits per heavy atom. The smallest absolute Gasteiger partial charge is 0.358 e. The first-order valence-electron chi connectivity index (χ1n) is 8.19. The van der Waals surface area contributed by atoms with E-state index in [1.54, 1.807) is 17.7 Å². The van der Waals surface area contributed by atoms with Gasteiger partial charge in [-0.15, -0.1) is 0 Å². The number of hydrogen-bond acceptors (Lipinski definition) is 4. The summed E-state index contributed by atoms with van der Waals surface area (Å²) in [5, 5.41) is 5.00. The minimum absolute atomic E-state index is 0.317. The summed E-state index contributed by atoms with van der Waals surface area (Å²) < 4.78 is 12.7. The third-order valence-electron chi connectivity index (χ3n) is 3.98. The summed E-state index contributed by atoms with van der Waals surface area (Å²) in [4.78, 5) is 11.8. The first kappa shape index (κ1) is 16.8. The van der Waals surface area contributed by atoms with Crippen LogP contribution in [0.4, 0.5) is 0 Å². The molecular formula is C18H21ClN2O3. The molecule has 0 N–H and O–H groups in total. The molecular weight excluding hydrogens is 328 g/mol. The van der Waals surface area contributed by atoms with Crippen LogP contribution in [0.5, 0.6) is 5.75 Å². The monoisotopic (exact) mass is 348 g/mol. The Hall–Kier alpha value is -2.01. The van der Waals surface area contributed by atoms with E-state index in [0.29, 0.717) is 29.8 Å². The van der Waals surface area contributed by atoms with Gasteiger partial charge in [-0.3, -0.25) is 4.68 Å². The van der Waals surface area contributed by atoms with Crippen LogP contribution in [0.3, 0.4) is 0 Å². The minimum Gasteiger partial charge on any atom is -0.493 e. The van der Waals surface area contributed by atoms with E-state index < -0.39 is 5.97 Å². The molecule has 1 heterocycles. The highest BCUT2D eigenvalue weighted by Crippen LogP contribution is 2.31. The fourth-order valence-corrected chi connectivity index (χ4v) is 2.64. The van der Waals surface area contributed by atoms with E-state index in [2.05, 4.69) is 5.10 Å². The van der Waals surface area contributed by atoms with Crippen molar-refractivity contribution in [3.8, 4) is 5.75 Å². The Bertz CT molecular complexity index is 738. The lowest BCUT2D eigenvalue weighted by molar-refractivity contribution is 0.0518. The van der Waals surface area contributed by atoms with E-state index in [0.717, 1.165) is 23.6 Å². The van der Waals surface area contributed by atoms with Crippen LogP contribution in [0.2, 0.25) is 5.02 Å². The first-order valence-corrected chi connectivity index (χ1v) is 8.57. The summed E-state index contributed by atoms with van der Waals surface area (Å²) in [6.45, 7) is 5.24. The Balaban J connectivity index is 1.79. The Morgan fingerprint density at radius 3 is 2.88 bits per heavy atom. The third kappa shape index (κ3) is 4.09. The maximum Gasteiger partial charge on any atom is 0.358 e. The predicted molar refractivity (Wildman–Crippen MR) is 91.7 cm³/mol. The molecule has 0 bridgehead atoms. The standard InChI is InChI=1S/C18H21ClN2O3/c1-3-23-18(22)16-8-12(2)21(20-16)10-14-9-15(19)6-7-17(14)24-11-13-4-5-13/h6-9,13H,3-5,10-11H2,1-2H3. The van der Waals surface area contributed by atoms with Crippen LogP contribution in [0.1, 0.15) is 41.5 Å². The fourth-order valence-electron chi connectivity index (χ4n) is 2.44. The van der Waals surface area contributed by atoms with Gasteiger partial charge in [0.25, 0.3) is 0 Å². The lowest BCUT2D eigenvalue weighted by Gasteiger charge is -2.13. The second-order valence-electron chi connectivity index (χ2n) is 6.06. The molecule has 1 aliphatic rings. The number of halogens is 1. The zero-order chi connectivity index (χ0) is 17.1. The number of rotatable bonds is 7. The molecule has 0 spiro atoms. The molecule has 0 aliphatic heterocycles. The van der Waals surface area contributed by atoms with Crippen molar-refractivity contribution in [3.63, 3.8) is 0 Å². The van der Waals surface area contributed by atoms with Crippen molar-refractivity contribution in [2.45, 2.75) is 33.2 Å². The highest BCUT2D eigenvalue weighted by molar-refractivity contribution is 6.30. The average molecular weight is 349 g/mol. The summed E-state index contributed by atoms with van der Waals surface area (Å²) in [6, 6.07) is 7.33. The molecule has 1 saturated carbocycles. The van der Waals surface area contributed by atoms with Crippen LogP contribution in [0, 0.1) is 12.8 Å². The van der Waals surface area contributed by atoms with E-state index in [-0.39, 0.29) is 0 Å². The largest absolute Gasteiger partial charge is 0.493 e. The summed E-state index contributed by atoms with van der Waals surface area (Å²) >= 11 is 6.14. The van der Waals surface area contributed by atoms with Crippen molar-refractivity contribution in [1.29, 1.82) is 0 Å². The highest BCUT2D eigenvalue weighted by Gasteiger charge is 2.22. The summed E-state index contributed by atoms with van der Waals surface area (Å²) in [6.07, 6.45) is 2.48. The first-order chi connectivity index (χ1) is 11.6. The molecule has 0 atom stereocenters. The number of carbonyl (C=O) groups is 1. The maximum atomic E-state index is 11.8. The second-order valence-corrected chi connectivity index (χ2v) is 6.49. The highest BCUT2D eigenvalue weighted by atomic mass is 35.5. The summed E-state index contributed by atoms with van der Waals surface area (Å²) in [5.41, 5.74) is 2.15. The van der Waals surface area contributed by atoms with Gasteiger partial charge in [0.05, 0.1) is 19.8 Å². The van der Waals surface area contributed by atoms with Gasteiger partial charge in [-0.2, -0.15) is 5.10 Å². The molecule has 1 aromatic heterocycles. The number of aromatic nitrogens is 2. The Labute approximate surface area is 146 Å². The van der Waals surface area contributed by atoms with Crippen LogP contribution >= 0.6 is 11.6 Å². The quantitative estimate of drug-likeness (QED) is 0.713. The molecule has 128 valence electrons. The zero-order valence-electron chi connectivity index (χ0n) is 13.9. The maximum absolute atomic E-state index is 11.8. The Kier molecular flexibility index (Phi) is 5.09. The number of carbonyl (C=O) groups excluding carboxylic acids is 1. The number of benzene rings is 1. The molecule has 2 aromatic rings. The molecule has 0 radical (unpaired) electrons. The number of hydrogen-bond donors (Lipinski definition) is 0. The molecule has 3 rings (SSSR count). The van der Waals surface area contributed by atoms with Gasteiger partial charge in [-0.25, -0.2) is 4.79 Å². The van der Waals surface area contributed by atoms with Gasteiger partial charge in [0.1, 0.15) is 5.75 Å².